The van der Waals surface area contributed by atoms with Crippen molar-refractivity contribution in [1.29, 1.82) is 0 Å². The number of nitrogens with zero attached hydrogens (tertiary/aromatic N) is 8. The number of ether oxygens (including phenoxy) is 1. The second-order valence-corrected chi connectivity index (χ2v) is 8.22. The van der Waals surface area contributed by atoms with Gasteiger partial charge in [-0.15, -0.1) is 0 Å². The lowest BCUT2D eigenvalue weighted by molar-refractivity contribution is 0.413. The number of halogens is 2. The van der Waals surface area contributed by atoms with Gasteiger partial charge in [-0.05, 0) is 37.1 Å². The third-order valence-electron chi connectivity index (χ3n) is 6.15. The molecule has 0 aromatic carbocycles. The van der Waals surface area contributed by atoms with Crippen LogP contribution in [0.1, 0.15) is 24.6 Å². The second-order valence-electron chi connectivity index (χ2n) is 8.22. The van der Waals surface area contributed by atoms with Gasteiger partial charge in [0.2, 0.25) is 5.95 Å². The first-order chi connectivity index (χ1) is 17.1. The summed E-state index contributed by atoms with van der Waals surface area (Å²) in [5, 5.41) is 8.89. The maximum absolute atomic E-state index is 14.5. The zero-order valence-corrected chi connectivity index (χ0v) is 18.7. The summed E-state index contributed by atoms with van der Waals surface area (Å²) in [4.78, 5) is 14.8. The van der Waals surface area contributed by atoms with E-state index in [1.54, 1.807) is 47.3 Å². The molecule has 6 rings (SSSR count). The van der Waals surface area contributed by atoms with Gasteiger partial charge in [0, 0.05) is 36.3 Å². The molecule has 9 nitrogen and oxygen atoms in total. The second kappa shape index (κ2) is 8.42. The number of pyridine rings is 2. The highest BCUT2D eigenvalue weighted by Crippen LogP contribution is 2.36. The lowest BCUT2D eigenvalue weighted by Crippen LogP contribution is -2.25. The van der Waals surface area contributed by atoms with Gasteiger partial charge in [-0.25, -0.2) is 23.6 Å². The fourth-order valence-electron chi connectivity index (χ4n) is 4.45. The largest absolute Gasteiger partial charge is 0.495 e. The number of methoxy groups -OCH3 is 1. The zero-order valence-electron chi connectivity index (χ0n) is 18.7. The molecule has 1 aliphatic heterocycles. The molecule has 0 N–H and O–H groups in total. The summed E-state index contributed by atoms with van der Waals surface area (Å²) >= 11 is 0. The summed E-state index contributed by atoms with van der Waals surface area (Å²) in [7, 11) is 1.59. The van der Waals surface area contributed by atoms with Crippen LogP contribution in [-0.4, -0.2) is 48.0 Å². The van der Waals surface area contributed by atoms with Crippen LogP contribution in [0.4, 0.5) is 14.6 Å². The lowest BCUT2D eigenvalue weighted by atomic mass is 10.1. The van der Waals surface area contributed by atoms with Gasteiger partial charge in [0.1, 0.15) is 28.8 Å². The highest BCUT2D eigenvalue weighted by molar-refractivity contribution is 5.65. The summed E-state index contributed by atoms with van der Waals surface area (Å²) in [5.74, 6) is 0.0690. The number of aromatic nitrogens is 7. The minimum atomic E-state index is -0.699. The fraction of sp³-hybridized carbons (Fsp3) is 0.208. The van der Waals surface area contributed by atoms with Crippen molar-refractivity contribution in [2.24, 2.45) is 0 Å². The van der Waals surface area contributed by atoms with Crippen molar-refractivity contribution in [2.45, 2.75) is 18.9 Å². The van der Waals surface area contributed by atoms with Gasteiger partial charge in [-0.3, -0.25) is 4.98 Å². The molecular formula is C24H20F2N8O. The molecule has 5 aromatic rings. The SMILES string of the molecule is COc1cncc(-c2cnn(-c3cnn4ccc(N5CCC[C@@H]5c5nc(F)ccc5F)nc34)c2)c1. The molecule has 0 spiro atoms. The molecule has 0 bridgehead atoms. The van der Waals surface area contributed by atoms with Gasteiger partial charge in [0.15, 0.2) is 5.65 Å². The van der Waals surface area contributed by atoms with Crippen LogP contribution in [-0.2, 0) is 0 Å². The highest BCUT2D eigenvalue weighted by atomic mass is 19.1. The van der Waals surface area contributed by atoms with Crippen molar-refractivity contribution in [1.82, 2.24) is 34.3 Å². The van der Waals surface area contributed by atoms with E-state index in [2.05, 4.69) is 20.2 Å². The summed E-state index contributed by atoms with van der Waals surface area (Å²) in [6.07, 6.45) is 11.9. The van der Waals surface area contributed by atoms with Crippen LogP contribution in [0, 0.1) is 11.8 Å². The first-order valence-corrected chi connectivity index (χ1v) is 11.1. The van der Waals surface area contributed by atoms with Crippen LogP contribution in [0.15, 0.2) is 61.4 Å². The monoisotopic (exact) mass is 474 g/mol. The first-order valence-electron chi connectivity index (χ1n) is 11.1. The van der Waals surface area contributed by atoms with E-state index in [-0.39, 0.29) is 5.69 Å². The molecule has 0 saturated carbocycles. The van der Waals surface area contributed by atoms with Crippen molar-refractivity contribution >= 4 is 11.5 Å². The highest BCUT2D eigenvalue weighted by Gasteiger charge is 2.31. The molecule has 1 saturated heterocycles. The fourth-order valence-corrected chi connectivity index (χ4v) is 4.45. The quantitative estimate of drug-likeness (QED) is 0.356. The first kappa shape index (κ1) is 21.1. The summed E-state index contributed by atoms with van der Waals surface area (Å²) in [5.41, 5.74) is 3.09. The predicted molar refractivity (Wildman–Crippen MR) is 123 cm³/mol. The minimum Gasteiger partial charge on any atom is -0.495 e. The molecule has 0 unspecified atom stereocenters. The van der Waals surface area contributed by atoms with E-state index in [0.717, 1.165) is 29.7 Å². The van der Waals surface area contributed by atoms with Crippen LogP contribution in [0.25, 0.3) is 22.5 Å². The Balaban J connectivity index is 1.36. The van der Waals surface area contributed by atoms with Gasteiger partial charge >= 0.3 is 0 Å². The smallest absolute Gasteiger partial charge is 0.213 e. The van der Waals surface area contributed by atoms with E-state index >= 15 is 0 Å². The summed E-state index contributed by atoms with van der Waals surface area (Å²) < 4.78 is 36.8. The van der Waals surface area contributed by atoms with E-state index in [1.165, 1.54) is 0 Å². The van der Waals surface area contributed by atoms with Crippen LogP contribution < -0.4 is 9.64 Å². The molecule has 6 heterocycles. The normalized spacial score (nSPS) is 15.7. The maximum Gasteiger partial charge on any atom is 0.213 e. The average Bonchev–Trinajstić information content (AvgIpc) is 3.64. The van der Waals surface area contributed by atoms with Gasteiger partial charge in [-0.2, -0.15) is 14.6 Å². The zero-order chi connectivity index (χ0) is 23.9. The van der Waals surface area contributed by atoms with Crippen molar-refractivity contribution in [2.75, 3.05) is 18.6 Å². The molecule has 0 radical (unpaired) electrons. The Morgan fingerprint density at radius 3 is 2.80 bits per heavy atom. The Morgan fingerprint density at radius 2 is 1.91 bits per heavy atom. The topological polar surface area (TPSA) is 86.3 Å². The maximum atomic E-state index is 14.5. The van der Waals surface area contributed by atoms with Gasteiger partial charge in [0.25, 0.3) is 0 Å². The lowest BCUT2D eigenvalue weighted by Gasteiger charge is -2.25. The van der Waals surface area contributed by atoms with E-state index in [0.29, 0.717) is 35.9 Å². The Morgan fingerprint density at radius 1 is 1.00 bits per heavy atom. The van der Waals surface area contributed by atoms with Crippen LogP contribution in [0.2, 0.25) is 0 Å². The number of anilines is 1. The number of rotatable bonds is 5. The Hall–Kier alpha value is -4.41. The van der Waals surface area contributed by atoms with Crippen molar-refractivity contribution < 1.29 is 13.5 Å². The van der Waals surface area contributed by atoms with Crippen molar-refractivity contribution in [3.63, 3.8) is 0 Å². The van der Waals surface area contributed by atoms with E-state index in [9.17, 15) is 8.78 Å². The van der Waals surface area contributed by atoms with Gasteiger partial charge in [-0.1, -0.05) is 0 Å². The molecule has 1 fully saturated rings. The molecule has 176 valence electrons. The average molecular weight is 474 g/mol. The third kappa shape index (κ3) is 3.74. The molecule has 1 aliphatic rings. The molecule has 5 aromatic heterocycles. The Bertz CT molecular complexity index is 1530. The molecule has 11 heteroatoms. The summed E-state index contributed by atoms with van der Waals surface area (Å²) in [6.45, 7) is 0.656. The van der Waals surface area contributed by atoms with E-state index in [4.69, 9.17) is 9.72 Å². The standard InChI is InChI=1S/C24H20F2N8O/c1-35-17-9-15(10-27-12-17)16-11-28-34(14-16)20-13-29-33-8-6-22(31-24(20)33)32-7-2-3-19(32)23-18(25)4-5-21(26)30-23/h4-6,8-14,19H,2-3,7H2,1H3/t19-/m1/s1. The summed E-state index contributed by atoms with van der Waals surface area (Å²) in [6, 6.07) is 5.45. The minimum absolute atomic E-state index is 0.0986. The molecular weight excluding hydrogens is 454 g/mol. The van der Waals surface area contributed by atoms with Crippen LogP contribution in [0.3, 0.4) is 0 Å². The van der Waals surface area contributed by atoms with E-state index < -0.39 is 17.8 Å². The molecule has 0 aliphatic carbocycles. The Labute approximate surface area is 198 Å². The third-order valence-corrected chi connectivity index (χ3v) is 6.15. The van der Waals surface area contributed by atoms with E-state index in [1.807, 2.05) is 23.2 Å². The van der Waals surface area contributed by atoms with Gasteiger partial charge < -0.3 is 9.64 Å². The molecule has 0 amide bonds. The number of fused-ring (bicyclic) bond motifs is 1. The molecule has 1 atom stereocenters. The van der Waals surface area contributed by atoms with Crippen LogP contribution >= 0.6 is 0 Å². The van der Waals surface area contributed by atoms with Crippen molar-refractivity contribution in [3.05, 3.63) is 78.9 Å². The molecule has 35 heavy (non-hydrogen) atoms. The number of hydrogen-bond acceptors (Lipinski definition) is 7. The van der Waals surface area contributed by atoms with Gasteiger partial charge in [0.05, 0.1) is 31.7 Å². The van der Waals surface area contributed by atoms with Crippen LogP contribution in [0.5, 0.6) is 5.75 Å². The number of hydrogen-bond donors (Lipinski definition) is 0. The Kier molecular flexibility index (Phi) is 5.09. The predicted octanol–water partition coefficient (Wildman–Crippen LogP) is 4.00. The van der Waals surface area contributed by atoms with Crippen molar-refractivity contribution in [3.8, 4) is 22.6 Å².